The van der Waals surface area contributed by atoms with Crippen molar-refractivity contribution in [2.75, 3.05) is 13.1 Å². The molecule has 0 radical (unpaired) electrons. The van der Waals surface area contributed by atoms with E-state index in [1.165, 1.54) is 6.07 Å². The van der Waals surface area contributed by atoms with E-state index >= 15 is 0 Å². The van der Waals surface area contributed by atoms with Gasteiger partial charge < -0.3 is 4.90 Å². The van der Waals surface area contributed by atoms with Crippen molar-refractivity contribution in [3.63, 3.8) is 0 Å². The van der Waals surface area contributed by atoms with E-state index in [2.05, 4.69) is 10.2 Å². The molecule has 3 rings (SSSR count). The zero-order valence-electron chi connectivity index (χ0n) is 13.3. The minimum atomic E-state index is -0.200. The van der Waals surface area contributed by atoms with Gasteiger partial charge in [-0.15, -0.1) is 0 Å². The maximum absolute atomic E-state index is 13.3. The summed E-state index contributed by atoms with van der Waals surface area (Å²) in [6.07, 6.45) is 6.26. The molecule has 1 aromatic heterocycles. The fourth-order valence-corrected chi connectivity index (χ4v) is 3.03. The van der Waals surface area contributed by atoms with E-state index in [9.17, 15) is 9.18 Å². The predicted molar refractivity (Wildman–Crippen MR) is 84.3 cm³/mol. The van der Waals surface area contributed by atoms with Gasteiger partial charge >= 0.3 is 0 Å². The third kappa shape index (κ3) is 3.75. The summed E-state index contributed by atoms with van der Waals surface area (Å²) in [6, 6.07) is 5.33. The van der Waals surface area contributed by atoms with E-state index in [4.69, 9.17) is 0 Å². The lowest BCUT2D eigenvalue weighted by atomic mass is 10.0. The summed E-state index contributed by atoms with van der Waals surface area (Å²) < 4.78 is 13.3. The van der Waals surface area contributed by atoms with Crippen molar-refractivity contribution in [3.05, 3.63) is 47.5 Å². The first kappa shape index (κ1) is 15.6. The molecule has 0 spiro atoms. The standard InChI is InChI=1S/C17H21FN4O/c1-13-12-14(2-4-16(13)18)3-5-17(23)21-10-6-15(7-11-21)22-19-8-9-20-22/h2,4,8-9,12,15H,3,5-7,10-11H2,1H3. The number of hydrogen-bond acceptors (Lipinski definition) is 3. The molecule has 2 heterocycles. The monoisotopic (exact) mass is 316 g/mol. The fraction of sp³-hybridized carbons (Fsp3) is 0.471. The van der Waals surface area contributed by atoms with Crippen LogP contribution in [0, 0.1) is 12.7 Å². The second kappa shape index (κ2) is 6.89. The zero-order valence-corrected chi connectivity index (χ0v) is 13.3. The maximum Gasteiger partial charge on any atom is 0.222 e. The number of amides is 1. The maximum atomic E-state index is 13.3. The molecule has 1 fully saturated rings. The van der Waals surface area contributed by atoms with Gasteiger partial charge in [0, 0.05) is 19.5 Å². The van der Waals surface area contributed by atoms with E-state index in [1.807, 2.05) is 11.0 Å². The number of benzene rings is 1. The molecular formula is C17H21FN4O. The van der Waals surface area contributed by atoms with Crippen LogP contribution in [0.15, 0.2) is 30.6 Å². The number of carbonyl (C=O) groups excluding carboxylic acids is 1. The van der Waals surface area contributed by atoms with Crippen LogP contribution in [0.3, 0.4) is 0 Å². The zero-order chi connectivity index (χ0) is 16.2. The highest BCUT2D eigenvalue weighted by atomic mass is 19.1. The molecule has 0 N–H and O–H groups in total. The molecule has 1 aliphatic heterocycles. The highest BCUT2D eigenvalue weighted by Crippen LogP contribution is 2.21. The van der Waals surface area contributed by atoms with Crippen molar-refractivity contribution >= 4 is 5.91 Å². The van der Waals surface area contributed by atoms with Crippen LogP contribution in [0.2, 0.25) is 0 Å². The molecule has 1 saturated heterocycles. The van der Waals surface area contributed by atoms with Gasteiger partial charge in [0.1, 0.15) is 5.82 Å². The molecule has 1 aromatic carbocycles. The molecule has 5 nitrogen and oxygen atoms in total. The van der Waals surface area contributed by atoms with Gasteiger partial charge in [-0.25, -0.2) is 4.39 Å². The predicted octanol–water partition coefficient (Wildman–Crippen LogP) is 2.52. The number of likely N-dealkylation sites (tertiary alicyclic amines) is 1. The van der Waals surface area contributed by atoms with Crippen LogP contribution in [0.1, 0.15) is 36.4 Å². The fourth-order valence-electron chi connectivity index (χ4n) is 3.03. The van der Waals surface area contributed by atoms with Crippen LogP contribution in [0.5, 0.6) is 0 Å². The van der Waals surface area contributed by atoms with Gasteiger partial charge in [-0.05, 0) is 43.4 Å². The summed E-state index contributed by atoms with van der Waals surface area (Å²) in [7, 11) is 0. The quantitative estimate of drug-likeness (QED) is 0.871. The molecule has 2 aromatic rings. The van der Waals surface area contributed by atoms with Gasteiger partial charge in [0.05, 0.1) is 18.4 Å². The average Bonchev–Trinajstić information content (AvgIpc) is 3.10. The largest absolute Gasteiger partial charge is 0.343 e. The molecule has 0 bridgehead atoms. The summed E-state index contributed by atoms with van der Waals surface area (Å²) in [6.45, 7) is 3.23. The normalized spacial score (nSPS) is 15.8. The number of aryl methyl sites for hydroxylation is 2. The lowest BCUT2D eigenvalue weighted by Gasteiger charge is -2.31. The van der Waals surface area contributed by atoms with Crippen LogP contribution in [0.25, 0.3) is 0 Å². The Kier molecular flexibility index (Phi) is 4.69. The minimum absolute atomic E-state index is 0.166. The lowest BCUT2D eigenvalue weighted by Crippen LogP contribution is -2.39. The Hall–Kier alpha value is -2.24. The van der Waals surface area contributed by atoms with Crippen LogP contribution >= 0.6 is 0 Å². The summed E-state index contributed by atoms with van der Waals surface area (Å²) in [5.41, 5.74) is 1.63. The third-order valence-electron chi connectivity index (χ3n) is 4.43. The number of hydrogen-bond donors (Lipinski definition) is 0. The number of nitrogens with zero attached hydrogens (tertiary/aromatic N) is 4. The topological polar surface area (TPSA) is 51.0 Å². The Balaban J connectivity index is 1.48. The number of carbonyl (C=O) groups is 1. The molecule has 23 heavy (non-hydrogen) atoms. The average molecular weight is 316 g/mol. The summed E-state index contributed by atoms with van der Waals surface area (Å²) in [5.74, 6) is -0.0340. The van der Waals surface area contributed by atoms with Gasteiger partial charge in [-0.2, -0.15) is 15.0 Å². The first-order valence-corrected chi connectivity index (χ1v) is 8.02. The highest BCUT2D eigenvalue weighted by Gasteiger charge is 2.24. The van der Waals surface area contributed by atoms with Crippen molar-refractivity contribution < 1.29 is 9.18 Å². The van der Waals surface area contributed by atoms with Crippen LogP contribution in [-0.4, -0.2) is 38.9 Å². The smallest absolute Gasteiger partial charge is 0.222 e. The molecule has 0 atom stereocenters. The van der Waals surface area contributed by atoms with E-state index in [-0.39, 0.29) is 17.8 Å². The second-order valence-electron chi connectivity index (χ2n) is 6.04. The number of piperidine rings is 1. The van der Waals surface area contributed by atoms with E-state index < -0.39 is 0 Å². The molecule has 1 amide bonds. The number of halogens is 1. The lowest BCUT2D eigenvalue weighted by molar-refractivity contribution is -0.132. The Morgan fingerprint density at radius 2 is 1.96 bits per heavy atom. The van der Waals surface area contributed by atoms with Crippen LogP contribution < -0.4 is 0 Å². The molecule has 0 unspecified atom stereocenters. The van der Waals surface area contributed by atoms with Gasteiger partial charge in [-0.3, -0.25) is 4.79 Å². The Morgan fingerprint density at radius 3 is 2.61 bits per heavy atom. The minimum Gasteiger partial charge on any atom is -0.343 e. The molecular weight excluding hydrogens is 295 g/mol. The van der Waals surface area contributed by atoms with Crippen LogP contribution in [0.4, 0.5) is 4.39 Å². The van der Waals surface area contributed by atoms with Crippen molar-refractivity contribution in [2.24, 2.45) is 0 Å². The summed E-state index contributed by atoms with van der Waals surface area (Å²) >= 11 is 0. The third-order valence-corrected chi connectivity index (χ3v) is 4.43. The van der Waals surface area contributed by atoms with Gasteiger partial charge in [0.15, 0.2) is 0 Å². The first-order valence-electron chi connectivity index (χ1n) is 8.02. The molecule has 122 valence electrons. The Bertz CT molecular complexity index is 663. The van der Waals surface area contributed by atoms with Gasteiger partial charge in [0.2, 0.25) is 5.91 Å². The van der Waals surface area contributed by atoms with Crippen molar-refractivity contribution in [1.29, 1.82) is 0 Å². The first-order chi connectivity index (χ1) is 11.1. The second-order valence-corrected chi connectivity index (χ2v) is 6.04. The molecule has 1 aliphatic rings. The Morgan fingerprint density at radius 1 is 1.26 bits per heavy atom. The van der Waals surface area contributed by atoms with E-state index in [0.29, 0.717) is 18.4 Å². The SMILES string of the molecule is Cc1cc(CCC(=O)N2CCC(n3nccn3)CC2)ccc1F. The van der Waals surface area contributed by atoms with Gasteiger partial charge in [0.25, 0.3) is 0 Å². The van der Waals surface area contributed by atoms with Crippen LogP contribution in [-0.2, 0) is 11.2 Å². The highest BCUT2D eigenvalue weighted by molar-refractivity contribution is 5.76. The molecule has 0 aliphatic carbocycles. The van der Waals surface area contributed by atoms with Crippen molar-refractivity contribution in [3.8, 4) is 0 Å². The van der Waals surface area contributed by atoms with Gasteiger partial charge in [-0.1, -0.05) is 12.1 Å². The number of aromatic nitrogens is 3. The Labute approximate surface area is 135 Å². The molecule has 6 heteroatoms. The van der Waals surface area contributed by atoms with E-state index in [0.717, 1.165) is 31.5 Å². The number of rotatable bonds is 4. The van der Waals surface area contributed by atoms with E-state index in [1.54, 1.807) is 30.2 Å². The van der Waals surface area contributed by atoms with Crippen molar-refractivity contribution in [1.82, 2.24) is 19.9 Å². The molecule has 0 saturated carbocycles. The summed E-state index contributed by atoms with van der Waals surface area (Å²) in [5, 5.41) is 8.35. The summed E-state index contributed by atoms with van der Waals surface area (Å²) in [4.78, 5) is 16.0. The van der Waals surface area contributed by atoms with Crippen molar-refractivity contribution in [2.45, 2.75) is 38.6 Å².